The Morgan fingerprint density at radius 1 is 1.10 bits per heavy atom. The molecule has 0 saturated carbocycles. The highest BCUT2D eigenvalue weighted by Crippen LogP contribution is 2.26. The first kappa shape index (κ1) is 16.3. The summed E-state index contributed by atoms with van der Waals surface area (Å²) < 4.78 is 11.3. The standard InChI is InChI=1S/C15H24N2O3/c1-2-11-19-13-8-5-6-9-14(13)20-12-7-3-4-10-15(18)17-16/h5-6,8-9H,2-4,7,10-12,16H2,1H3,(H,17,18). The Morgan fingerprint density at radius 2 is 1.75 bits per heavy atom. The average molecular weight is 280 g/mol. The molecule has 3 N–H and O–H groups in total. The van der Waals surface area contributed by atoms with Crippen LogP contribution in [0.5, 0.6) is 11.5 Å². The molecule has 0 saturated heterocycles. The van der Waals surface area contributed by atoms with Crippen molar-refractivity contribution in [2.75, 3.05) is 13.2 Å². The van der Waals surface area contributed by atoms with Gasteiger partial charge in [0.05, 0.1) is 13.2 Å². The monoisotopic (exact) mass is 280 g/mol. The summed E-state index contributed by atoms with van der Waals surface area (Å²) in [6.45, 7) is 3.38. The van der Waals surface area contributed by atoms with Crippen LogP contribution in [-0.2, 0) is 4.79 Å². The van der Waals surface area contributed by atoms with Gasteiger partial charge in [-0.1, -0.05) is 19.1 Å². The molecule has 0 fully saturated rings. The minimum atomic E-state index is -0.121. The first-order valence-corrected chi connectivity index (χ1v) is 7.12. The number of nitrogens with two attached hydrogens (primary N) is 1. The van der Waals surface area contributed by atoms with Crippen molar-refractivity contribution in [3.8, 4) is 11.5 Å². The minimum absolute atomic E-state index is 0.121. The van der Waals surface area contributed by atoms with Crippen LogP contribution >= 0.6 is 0 Å². The van der Waals surface area contributed by atoms with Crippen LogP contribution in [-0.4, -0.2) is 19.1 Å². The van der Waals surface area contributed by atoms with Crippen molar-refractivity contribution in [3.63, 3.8) is 0 Å². The predicted octanol–water partition coefficient (Wildman–Crippen LogP) is 2.40. The second kappa shape index (κ2) is 10.1. The van der Waals surface area contributed by atoms with E-state index in [-0.39, 0.29) is 5.91 Å². The zero-order valence-corrected chi connectivity index (χ0v) is 12.1. The summed E-state index contributed by atoms with van der Waals surface area (Å²) in [6.07, 6.45) is 4.09. The smallest absolute Gasteiger partial charge is 0.233 e. The van der Waals surface area contributed by atoms with E-state index in [4.69, 9.17) is 15.3 Å². The van der Waals surface area contributed by atoms with Crippen molar-refractivity contribution in [1.29, 1.82) is 0 Å². The summed E-state index contributed by atoms with van der Waals surface area (Å²) in [7, 11) is 0. The van der Waals surface area contributed by atoms with Gasteiger partial charge < -0.3 is 9.47 Å². The first-order chi connectivity index (χ1) is 9.77. The van der Waals surface area contributed by atoms with Gasteiger partial charge in [-0.25, -0.2) is 5.84 Å². The molecule has 0 aromatic heterocycles. The SMILES string of the molecule is CCCOc1ccccc1OCCCCCC(=O)NN. The number of carbonyl (C=O) groups excluding carboxylic acids is 1. The lowest BCUT2D eigenvalue weighted by molar-refractivity contribution is -0.121. The van der Waals surface area contributed by atoms with Gasteiger partial charge in [0.25, 0.3) is 0 Å². The van der Waals surface area contributed by atoms with Crippen LogP contribution in [0.1, 0.15) is 39.0 Å². The number of benzene rings is 1. The van der Waals surface area contributed by atoms with E-state index in [2.05, 4.69) is 12.3 Å². The van der Waals surface area contributed by atoms with Gasteiger partial charge in [-0.2, -0.15) is 0 Å². The van der Waals surface area contributed by atoms with Crippen LogP contribution in [0.4, 0.5) is 0 Å². The fourth-order valence-electron chi connectivity index (χ4n) is 1.72. The predicted molar refractivity (Wildman–Crippen MR) is 78.5 cm³/mol. The third-order valence-corrected chi connectivity index (χ3v) is 2.78. The van der Waals surface area contributed by atoms with Crippen LogP contribution in [0, 0.1) is 0 Å². The quantitative estimate of drug-likeness (QED) is 0.299. The van der Waals surface area contributed by atoms with Gasteiger partial charge >= 0.3 is 0 Å². The molecule has 0 bridgehead atoms. The molecule has 0 heterocycles. The molecule has 5 heteroatoms. The maximum absolute atomic E-state index is 10.9. The molecule has 112 valence electrons. The van der Waals surface area contributed by atoms with E-state index in [9.17, 15) is 4.79 Å². The Bertz CT molecular complexity index is 396. The second-order valence-corrected chi connectivity index (χ2v) is 4.52. The van der Waals surface area contributed by atoms with Crippen LogP contribution in [0.15, 0.2) is 24.3 Å². The van der Waals surface area contributed by atoms with Crippen molar-refractivity contribution in [2.45, 2.75) is 39.0 Å². The molecule has 0 aliphatic rings. The molecule has 0 radical (unpaired) electrons. The topological polar surface area (TPSA) is 73.6 Å². The fraction of sp³-hybridized carbons (Fsp3) is 0.533. The summed E-state index contributed by atoms with van der Waals surface area (Å²) in [4.78, 5) is 10.9. The minimum Gasteiger partial charge on any atom is -0.490 e. The molecular formula is C15H24N2O3. The van der Waals surface area contributed by atoms with Gasteiger partial charge in [0.1, 0.15) is 0 Å². The maximum Gasteiger partial charge on any atom is 0.233 e. The molecule has 1 aromatic rings. The number of nitrogens with one attached hydrogen (secondary N) is 1. The Labute approximate surface area is 120 Å². The van der Waals surface area contributed by atoms with Crippen molar-refractivity contribution >= 4 is 5.91 Å². The fourth-order valence-corrected chi connectivity index (χ4v) is 1.72. The normalized spacial score (nSPS) is 10.1. The molecule has 0 unspecified atom stereocenters. The van der Waals surface area contributed by atoms with Crippen molar-refractivity contribution in [2.24, 2.45) is 5.84 Å². The summed E-state index contributed by atoms with van der Waals surface area (Å²) >= 11 is 0. The Kier molecular flexibility index (Phi) is 8.22. The van der Waals surface area contributed by atoms with E-state index in [1.165, 1.54) is 0 Å². The number of unbranched alkanes of at least 4 members (excludes halogenated alkanes) is 2. The average Bonchev–Trinajstić information content (AvgIpc) is 2.49. The van der Waals surface area contributed by atoms with E-state index < -0.39 is 0 Å². The number of rotatable bonds is 10. The van der Waals surface area contributed by atoms with Gasteiger partial charge in [0.2, 0.25) is 5.91 Å². The van der Waals surface area contributed by atoms with Crippen LogP contribution in [0.3, 0.4) is 0 Å². The molecule has 0 aliphatic heterocycles. The number of para-hydroxylation sites is 2. The van der Waals surface area contributed by atoms with E-state index >= 15 is 0 Å². The third-order valence-electron chi connectivity index (χ3n) is 2.78. The maximum atomic E-state index is 10.9. The lowest BCUT2D eigenvalue weighted by atomic mass is 10.2. The molecule has 20 heavy (non-hydrogen) atoms. The Balaban J connectivity index is 2.22. The van der Waals surface area contributed by atoms with Gasteiger partial charge in [0.15, 0.2) is 11.5 Å². The highest BCUT2D eigenvalue weighted by molar-refractivity contribution is 5.75. The zero-order chi connectivity index (χ0) is 14.6. The van der Waals surface area contributed by atoms with Crippen molar-refractivity contribution in [1.82, 2.24) is 5.43 Å². The van der Waals surface area contributed by atoms with Crippen molar-refractivity contribution in [3.05, 3.63) is 24.3 Å². The van der Waals surface area contributed by atoms with E-state index in [0.29, 0.717) is 19.6 Å². The highest BCUT2D eigenvalue weighted by Gasteiger charge is 2.03. The molecule has 1 amide bonds. The Hall–Kier alpha value is -1.75. The van der Waals surface area contributed by atoms with Gasteiger partial charge in [-0.05, 0) is 37.8 Å². The van der Waals surface area contributed by atoms with Crippen molar-refractivity contribution < 1.29 is 14.3 Å². The van der Waals surface area contributed by atoms with E-state index in [1.54, 1.807) is 0 Å². The summed E-state index contributed by atoms with van der Waals surface area (Å²) in [5, 5.41) is 0. The van der Waals surface area contributed by atoms with Gasteiger partial charge in [-0.3, -0.25) is 10.2 Å². The molecular weight excluding hydrogens is 256 g/mol. The second-order valence-electron chi connectivity index (χ2n) is 4.52. The first-order valence-electron chi connectivity index (χ1n) is 7.12. The summed E-state index contributed by atoms with van der Waals surface area (Å²) in [5.74, 6) is 6.45. The van der Waals surface area contributed by atoms with E-state index in [0.717, 1.165) is 37.2 Å². The molecule has 5 nitrogen and oxygen atoms in total. The molecule has 0 atom stereocenters. The number of ether oxygens (including phenoxy) is 2. The molecule has 1 rings (SSSR count). The number of amides is 1. The van der Waals surface area contributed by atoms with Crippen LogP contribution < -0.4 is 20.7 Å². The number of hydrogen-bond acceptors (Lipinski definition) is 4. The van der Waals surface area contributed by atoms with Gasteiger partial charge in [-0.15, -0.1) is 0 Å². The van der Waals surface area contributed by atoms with Crippen LogP contribution in [0.2, 0.25) is 0 Å². The third kappa shape index (κ3) is 6.43. The lowest BCUT2D eigenvalue weighted by Gasteiger charge is -2.12. The largest absolute Gasteiger partial charge is 0.490 e. The summed E-state index contributed by atoms with van der Waals surface area (Å²) in [6, 6.07) is 7.69. The molecule has 1 aromatic carbocycles. The molecule has 0 aliphatic carbocycles. The Morgan fingerprint density at radius 3 is 2.35 bits per heavy atom. The lowest BCUT2D eigenvalue weighted by Crippen LogP contribution is -2.29. The number of hydrazine groups is 1. The van der Waals surface area contributed by atoms with Gasteiger partial charge in [0, 0.05) is 6.42 Å². The number of hydrogen-bond donors (Lipinski definition) is 2. The van der Waals surface area contributed by atoms with E-state index in [1.807, 2.05) is 24.3 Å². The highest BCUT2D eigenvalue weighted by atomic mass is 16.5. The number of carbonyl (C=O) groups is 1. The van der Waals surface area contributed by atoms with Crippen LogP contribution in [0.25, 0.3) is 0 Å². The summed E-state index contributed by atoms with van der Waals surface area (Å²) in [5.41, 5.74) is 2.12. The zero-order valence-electron chi connectivity index (χ0n) is 12.1. The molecule has 0 spiro atoms.